The third kappa shape index (κ3) is 75.5. The molecule has 116 valence electrons. The molecular weight excluding hydrogens is 617 g/mol. The molecule has 0 spiro atoms. The molecule has 10 heteroatoms. The summed E-state index contributed by atoms with van der Waals surface area (Å²) in [6.45, 7) is 1.65. The van der Waals surface area contributed by atoms with Gasteiger partial charge in [-0.1, -0.05) is 12.8 Å². The van der Waals surface area contributed by atoms with Crippen molar-refractivity contribution in [3.63, 3.8) is 0 Å². The van der Waals surface area contributed by atoms with Crippen molar-refractivity contribution >= 4 is 18.8 Å². The van der Waals surface area contributed by atoms with Crippen molar-refractivity contribution in [2.24, 2.45) is 11.5 Å². The van der Waals surface area contributed by atoms with Crippen molar-refractivity contribution in [3.05, 3.63) is 0 Å². The monoisotopic (exact) mass is 644 g/mol. The van der Waals surface area contributed by atoms with E-state index in [0.717, 1.165) is 25.9 Å². The van der Waals surface area contributed by atoms with E-state index in [4.69, 9.17) is 11.5 Å². The van der Waals surface area contributed by atoms with E-state index >= 15 is 0 Å². The summed E-state index contributed by atoms with van der Waals surface area (Å²) in [7, 11) is 9.22. The van der Waals surface area contributed by atoms with Crippen LogP contribution in [0, 0.1) is 0 Å². The fourth-order valence-corrected chi connectivity index (χ4v) is 0.642. The molecule has 0 unspecified atom stereocenters. The first kappa shape index (κ1) is 43.1. The molecule has 0 atom stereocenters. The Morgan fingerprint density at radius 1 is 0.562 bits per heavy atom. The molecule has 0 aliphatic heterocycles. The van der Waals surface area contributed by atoms with Crippen LogP contribution in [0.3, 0.4) is 0 Å². The second kappa shape index (κ2) is 69.3. The zero-order chi connectivity index (χ0) is 10.2. The Hall–Kier alpha value is 1.72. The summed E-state index contributed by atoms with van der Waals surface area (Å²) in [5.74, 6) is 0. The Morgan fingerprint density at radius 2 is 0.750 bits per heavy atom. The van der Waals surface area contributed by atoms with Crippen LogP contribution in [0.2, 0.25) is 0 Å². The van der Waals surface area contributed by atoms with E-state index in [-0.39, 0.29) is 24.6 Å². The number of unbranched alkanes of at least 4 members (excludes halogenated alkanes) is 3. The normalized spacial score (nSPS) is 5.75. The summed E-state index contributed by atoms with van der Waals surface area (Å²) in [6, 6.07) is 0. The molecule has 0 aliphatic carbocycles. The average molecular weight is 645 g/mol. The molecule has 0 amide bonds. The fraction of sp³-hybridized carbons (Fsp3) is 1.00. The van der Waals surface area contributed by atoms with Gasteiger partial charge in [0.25, 0.3) is 0 Å². The van der Waals surface area contributed by atoms with Gasteiger partial charge in [0.2, 0.25) is 0 Å². The van der Waals surface area contributed by atoms with Gasteiger partial charge in [0.15, 0.2) is 0 Å². The molecule has 0 rings (SSSR count). The predicted octanol–water partition coefficient (Wildman–Crippen LogP) is 2.49. The summed E-state index contributed by atoms with van der Waals surface area (Å²) in [4.78, 5) is 0. The topological polar surface area (TPSA) is 192 Å². The van der Waals surface area contributed by atoms with Crippen molar-refractivity contribution in [3.8, 4) is 0 Å². The Morgan fingerprint density at radius 3 is 0.875 bits per heavy atom. The van der Waals surface area contributed by atoms with Crippen molar-refractivity contribution in [2.75, 3.05) is 13.1 Å². The Labute approximate surface area is 130 Å². The Bertz CT molecular complexity index is 54.0. The average Bonchev–Trinajstić information content (AvgIpc) is 2.19. The second-order valence-electron chi connectivity index (χ2n) is 1.99. The van der Waals surface area contributed by atoms with Gasteiger partial charge in [-0.15, -0.1) is 0 Å². The van der Waals surface area contributed by atoms with E-state index < -0.39 is 0 Å². The Kier molecular flexibility index (Phi) is 187. The Balaban J connectivity index is -0.0000000183. The third-order valence-electron chi connectivity index (χ3n) is 1.16. The van der Waals surface area contributed by atoms with Gasteiger partial charge in [-0.3, -0.25) is 0 Å². The zero-order valence-electron chi connectivity index (χ0n) is 9.61. The summed E-state index contributed by atoms with van der Waals surface area (Å²) in [6.07, 6.45) is 4.79. The van der Waals surface area contributed by atoms with Crippen LogP contribution in [0.1, 0.15) is 25.7 Å². The van der Waals surface area contributed by atoms with E-state index in [9.17, 15) is 0 Å². The molecule has 0 aromatic rings. The van der Waals surface area contributed by atoms with Gasteiger partial charge in [-0.25, -0.2) is 0 Å². The standard InChI is InChI=1S/C6H16N2.2ClH.4H3N.2Pt/c7-5-3-1-2-4-6-8;;;;;;;;/h1-8H2;2*1H;4*1H3;;/q;;;;;;;2*+1/p-2. The van der Waals surface area contributed by atoms with Gasteiger partial charge >= 0.3 is 56.4 Å². The van der Waals surface area contributed by atoms with Crippen molar-refractivity contribution < 1.29 is 37.5 Å². The van der Waals surface area contributed by atoms with Crippen LogP contribution in [0.5, 0.6) is 0 Å². The quantitative estimate of drug-likeness (QED) is 0.249. The van der Waals surface area contributed by atoms with Crippen molar-refractivity contribution in [1.82, 2.24) is 24.6 Å². The SMILES string of the molecule is N.N.N.N.NCCCCCCN.[Cl][Pt].[Cl][Pt]. The number of hydrogen-bond acceptors (Lipinski definition) is 6. The van der Waals surface area contributed by atoms with E-state index in [0.29, 0.717) is 0 Å². The maximum absolute atomic E-state index is 5.28. The van der Waals surface area contributed by atoms with Crippen LogP contribution in [0.25, 0.3) is 0 Å². The van der Waals surface area contributed by atoms with E-state index in [1.807, 2.05) is 0 Å². The maximum atomic E-state index is 5.28. The number of halogens is 2. The third-order valence-corrected chi connectivity index (χ3v) is 1.16. The summed E-state index contributed by atoms with van der Waals surface area (Å²) in [5.41, 5.74) is 10.6. The summed E-state index contributed by atoms with van der Waals surface area (Å²) >= 11 is 3.22. The van der Waals surface area contributed by atoms with Crippen molar-refractivity contribution in [2.45, 2.75) is 25.7 Å². The van der Waals surface area contributed by atoms with Gasteiger partial charge < -0.3 is 36.1 Å². The first-order valence-electron chi connectivity index (χ1n) is 3.56. The molecule has 0 saturated carbocycles. The number of nitrogens with two attached hydrogens (primary N) is 2. The molecule has 16 N–H and O–H groups in total. The molecule has 0 fully saturated rings. The molecular formula is C6H28Cl2N6Pt2. The van der Waals surface area contributed by atoms with Crippen LogP contribution in [-0.2, 0) is 37.5 Å². The second-order valence-corrected chi connectivity index (χ2v) is 1.99. The molecule has 0 radical (unpaired) electrons. The van der Waals surface area contributed by atoms with E-state index in [2.05, 4.69) is 18.8 Å². The fourth-order valence-electron chi connectivity index (χ4n) is 0.642. The van der Waals surface area contributed by atoms with Gasteiger partial charge in [0.1, 0.15) is 0 Å². The van der Waals surface area contributed by atoms with Crippen LogP contribution < -0.4 is 36.1 Å². The number of rotatable bonds is 5. The van der Waals surface area contributed by atoms with Crippen LogP contribution in [-0.4, -0.2) is 13.1 Å². The summed E-state index contributed by atoms with van der Waals surface area (Å²) < 4.78 is 0. The molecule has 0 aromatic heterocycles. The summed E-state index contributed by atoms with van der Waals surface area (Å²) in [5, 5.41) is 0. The molecule has 0 bridgehead atoms. The zero-order valence-corrected chi connectivity index (χ0v) is 15.7. The predicted molar refractivity (Wildman–Crippen MR) is 68.4 cm³/mol. The minimum absolute atomic E-state index is 0. The molecule has 0 aromatic carbocycles. The molecule has 0 aliphatic rings. The molecule has 0 heterocycles. The van der Waals surface area contributed by atoms with Gasteiger partial charge in [0, 0.05) is 0 Å². The van der Waals surface area contributed by atoms with Crippen LogP contribution >= 0.6 is 18.8 Å². The van der Waals surface area contributed by atoms with E-state index in [1.54, 1.807) is 37.5 Å². The first-order chi connectivity index (χ1) is 5.91. The van der Waals surface area contributed by atoms with Crippen LogP contribution in [0.4, 0.5) is 0 Å². The van der Waals surface area contributed by atoms with Crippen molar-refractivity contribution in [1.29, 1.82) is 0 Å². The van der Waals surface area contributed by atoms with Gasteiger partial charge in [0.05, 0.1) is 0 Å². The molecule has 6 nitrogen and oxygen atoms in total. The van der Waals surface area contributed by atoms with Gasteiger partial charge in [-0.05, 0) is 25.9 Å². The molecule has 0 saturated heterocycles. The first-order valence-corrected chi connectivity index (χ1v) is 9.19. The number of hydrogen-bond donors (Lipinski definition) is 6. The van der Waals surface area contributed by atoms with Crippen LogP contribution in [0.15, 0.2) is 0 Å². The van der Waals surface area contributed by atoms with E-state index in [1.165, 1.54) is 12.8 Å². The molecule has 16 heavy (non-hydrogen) atoms. The minimum atomic E-state index is 0. The van der Waals surface area contributed by atoms with Gasteiger partial charge in [-0.2, -0.15) is 0 Å².